The van der Waals surface area contributed by atoms with Crippen molar-refractivity contribution in [2.45, 2.75) is 44.7 Å². The zero-order valence-corrected chi connectivity index (χ0v) is 30.3. The van der Waals surface area contributed by atoms with Gasteiger partial charge in [-0.2, -0.15) is 0 Å². The van der Waals surface area contributed by atoms with Gasteiger partial charge in [-0.3, -0.25) is 34.2 Å². The number of piperidine rings is 1. The van der Waals surface area contributed by atoms with Gasteiger partial charge < -0.3 is 30.0 Å². The van der Waals surface area contributed by atoms with Gasteiger partial charge in [0.05, 0.1) is 28.6 Å². The first kappa shape index (κ1) is 35.5. The number of carbonyl (C=O) groups excluding carboxylic acids is 5. The monoisotopic (exact) mass is 735 g/mol. The molecule has 6 heterocycles. The van der Waals surface area contributed by atoms with Gasteiger partial charge in [0.1, 0.15) is 5.75 Å². The molecule has 3 saturated heterocycles. The molecule has 8 rings (SSSR count). The maximum Gasteiger partial charge on any atom is 0.261 e. The zero-order valence-electron chi connectivity index (χ0n) is 30.3. The Morgan fingerprint density at radius 2 is 1.74 bits per heavy atom. The van der Waals surface area contributed by atoms with E-state index in [9.17, 15) is 29.1 Å². The summed E-state index contributed by atoms with van der Waals surface area (Å²) in [7, 11) is 0. The lowest BCUT2D eigenvalue weighted by Crippen LogP contribution is -2.60. The Labute approximate surface area is 313 Å². The van der Waals surface area contributed by atoms with Crippen LogP contribution >= 0.6 is 0 Å². The summed E-state index contributed by atoms with van der Waals surface area (Å²) in [5.74, 6) is 0.474. The number of aromatic nitrogens is 2. The predicted molar refractivity (Wildman–Crippen MR) is 200 cm³/mol. The Balaban J connectivity index is 0.795. The lowest BCUT2D eigenvalue weighted by atomic mass is 9.92. The summed E-state index contributed by atoms with van der Waals surface area (Å²) >= 11 is 0. The van der Waals surface area contributed by atoms with Crippen molar-refractivity contribution in [3.63, 3.8) is 0 Å². The van der Waals surface area contributed by atoms with E-state index in [1.54, 1.807) is 31.2 Å². The first-order valence-electron chi connectivity index (χ1n) is 18.9. The molecule has 1 aromatic heterocycles. The Morgan fingerprint density at radius 3 is 2.52 bits per heavy atom. The van der Waals surface area contributed by atoms with Crippen LogP contribution in [0.1, 0.15) is 53.3 Å². The third kappa shape index (κ3) is 6.72. The Hall–Kier alpha value is -5.57. The number of phenolic OH excluding ortho intramolecular Hbond substituents is 1. The molecule has 15 nitrogen and oxygen atoms in total. The summed E-state index contributed by atoms with van der Waals surface area (Å²) in [6.45, 7) is 8.88. The van der Waals surface area contributed by atoms with Crippen LogP contribution in [-0.2, 0) is 14.4 Å². The van der Waals surface area contributed by atoms with Crippen LogP contribution in [-0.4, -0.2) is 131 Å². The Morgan fingerprint density at radius 1 is 0.963 bits per heavy atom. The minimum absolute atomic E-state index is 0.0236. The number of aromatic hydroxyl groups is 1. The zero-order chi connectivity index (χ0) is 37.5. The molecule has 282 valence electrons. The molecule has 2 aromatic carbocycles. The highest BCUT2D eigenvalue weighted by Gasteiger charge is 2.41. The van der Waals surface area contributed by atoms with Gasteiger partial charge in [-0.05, 0) is 75.7 Å². The Bertz CT molecular complexity index is 1980. The highest BCUT2D eigenvalue weighted by Crippen LogP contribution is 2.37. The van der Waals surface area contributed by atoms with E-state index in [-0.39, 0.29) is 48.3 Å². The number of para-hydroxylation sites is 1. The summed E-state index contributed by atoms with van der Waals surface area (Å²) in [5.41, 5.74) is 3.87. The normalized spacial score (nSPS) is 20.8. The number of nitrogens with one attached hydrogen (secondary N) is 2. The number of hydrogen-bond acceptors (Lipinski definition) is 12. The van der Waals surface area contributed by atoms with Gasteiger partial charge in [-0.25, -0.2) is 0 Å². The van der Waals surface area contributed by atoms with Crippen LogP contribution in [0, 0.1) is 11.8 Å². The van der Waals surface area contributed by atoms with Gasteiger partial charge in [0.25, 0.3) is 11.8 Å². The van der Waals surface area contributed by atoms with Crippen LogP contribution in [0.4, 0.5) is 17.2 Å². The average molecular weight is 736 g/mol. The van der Waals surface area contributed by atoms with E-state index in [0.29, 0.717) is 60.9 Å². The van der Waals surface area contributed by atoms with Crippen molar-refractivity contribution < 1.29 is 29.1 Å². The van der Waals surface area contributed by atoms with Gasteiger partial charge >= 0.3 is 0 Å². The van der Waals surface area contributed by atoms with Crippen molar-refractivity contribution in [2.24, 2.45) is 11.8 Å². The second-order valence-corrected chi connectivity index (χ2v) is 15.1. The van der Waals surface area contributed by atoms with E-state index in [1.165, 1.54) is 4.90 Å². The third-order valence-corrected chi connectivity index (χ3v) is 11.7. The van der Waals surface area contributed by atoms with Crippen molar-refractivity contribution in [1.29, 1.82) is 0 Å². The maximum atomic E-state index is 13.7. The van der Waals surface area contributed by atoms with Gasteiger partial charge in [0, 0.05) is 81.4 Å². The van der Waals surface area contributed by atoms with Crippen LogP contribution in [0.25, 0.3) is 11.3 Å². The van der Waals surface area contributed by atoms with Crippen LogP contribution in [0.5, 0.6) is 5.75 Å². The van der Waals surface area contributed by atoms with Crippen LogP contribution in [0.3, 0.4) is 0 Å². The summed E-state index contributed by atoms with van der Waals surface area (Å²) in [4.78, 5) is 72.5. The van der Waals surface area contributed by atoms with Crippen molar-refractivity contribution in [3.8, 4) is 17.0 Å². The lowest BCUT2D eigenvalue weighted by Gasteiger charge is -2.47. The maximum absolute atomic E-state index is 13.7. The highest BCUT2D eigenvalue weighted by molar-refractivity contribution is 6.22. The number of phenols is 1. The first-order valence-corrected chi connectivity index (χ1v) is 18.9. The molecule has 5 amide bonds. The molecule has 3 N–H and O–H groups in total. The summed E-state index contributed by atoms with van der Waals surface area (Å²) in [6, 6.07) is 14.2. The summed E-state index contributed by atoms with van der Waals surface area (Å²) < 4.78 is 0. The smallest absolute Gasteiger partial charge is 0.261 e. The van der Waals surface area contributed by atoms with E-state index in [1.807, 2.05) is 29.2 Å². The molecular weight excluding hydrogens is 690 g/mol. The minimum atomic E-state index is -0.480. The molecule has 15 heteroatoms. The number of hydrogen-bond donors (Lipinski definition) is 3. The third-order valence-electron chi connectivity index (χ3n) is 11.7. The molecule has 3 aromatic rings. The van der Waals surface area contributed by atoms with E-state index < -0.39 is 11.9 Å². The highest BCUT2D eigenvalue weighted by atomic mass is 16.3. The van der Waals surface area contributed by atoms with Crippen LogP contribution < -0.4 is 20.4 Å². The van der Waals surface area contributed by atoms with Crippen molar-refractivity contribution in [1.82, 2.24) is 30.2 Å². The number of rotatable bonds is 10. The van der Waals surface area contributed by atoms with E-state index in [0.717, 1.165) is 62.8 Å². The number of nitrogens with zero attached hydrogens (tertiary/aromatic N) is 7. The summed E-state index contributed by atoms with van der Waals surface area (Å²) in [5, 5.41) is 24.6. The number of fused-ring (bicyclic) bond motifs is 4. The molecule has 54 heavy (non-hydrogen) atoms. The number of anilines is 3. The molecule has 0 spiro atoms. The second-order valence-electron chi connectivity index (χ2n) is 15.1. The van der Waals surface area contributed by atoms with E-state index >= 15 is 0 Å². The molecule has 0 aliphatic carbocycles. The molecule has 0 saturated carbocycles. The molecule has 3 fully saturated rings. The second kappa shape index (κ2) is 14.7. The van der Waals surface area contributed by atoms with Crippen molar-refractivity contribution in [2.75, 3.05) is 74.0 Å². The van der Waals surface area contributed by atoms with Gasteiger partial charge in [0.2, 0.25) is 18.2 Å². The largest absolute Gasteiger partial charge is 0.507 e. The quantitative estimate of drug-likeness (QED) is 0.205. The number of likely N-dealkylation sites (tertiary alicyclic amines) is 1. The molecular formula is C39H45N9O6. The van der Waals surface area contributed by atoms with E-state index in [4.69, 9.17) is 0 Å². The van der Waals surface area contributed by atoms with Crippen molar-refractivity contribution in [3.05, 3.63) is 59.7 Å². The lowest BCUT2D eigenvalue weighted by molar-refractivity contribution is -0.138. The number of imide groups is 2. The summed E-state index contributed by atoms with van der Waals surface area (Å²) in [6.07, 6.45) is 2.32. The van der Waals surface area contributed by atoms with Crippen molar-refractivity contribution >= 4 is 47.2 Å². The number of benzene rings is 2. The molecule has 2 unspecified atom stereocenters. The standard InChI is InChI=1S/C39H45N9O6/c1-24(6-9-35(51)41-23-49)48-38(53)29-8-7-27(16-31(29)39(48)54)46-20-25(21-46)19-44-12-10-26(11-13-44)37(52)45-14-15-47-28(22-45)18-40-36-33(47)17-32(42-43-36)30-4-2-3-5-34(30)50/h2-5,7-8,16-17,23-26,28,50H,6,9-15,18-22H2,1H3,(H,40,43)(H,41,49,51). The van der Waals surface area contributed by atoms with Gasteiger partial charge in [0.15, 0.2) is 5.82 Å². The van der Waals surface area contributed by atoms with Crippen LogP contribution in [0.2, 0.25) is 0 Å². The van der Waals surface area contributed by atoms with Gasteiger partial charge in [-0.15, -0.1) is 10.2 Å². The molecule has 5 aliphatic rings. The average Bonchev–Trinajstić information content (AvgIpc) is 3.42. The van der Waals surface area contributed by atoms with Crippen LogP contribution in [0.15, 0.2) is 48.5 Å². The number of piperazine rings is 1. The SMILES string of the molecule is CC(CCC(=O)NC=O)N1C(=O)c2ccc(N3CC(CN4CCC(C(=O)N5CCN6c7cc(-c8ccccc8O)nnc7NCC6C5)CC4)C3)cc2C1=O. The topological polar surface area (TPSA) is 172 Å². The predicted octanol–water partition coefficient (Wildman–Crippen LogP) is 2.18. The fourth-order valence-electron chi connectivity index (χ4n) is 8.64. The minimum Gasteiger partial charge on any atom is -0.507 e. The first-order chi connectivity index (χ1) is 26.2. The molecule has 5 aliphatic heterocycles. The number of carbonyl (C=O) groups is 5. The fourth-order valence-corrected chi connectivity index (χ4v) is 8.64. The molecule has 2 atom stereocenters. The van der Waals surface area contributed by atoms with E-state index in [2.05, 4.69) is 35.5 Å². The number of amides is 5. The molecule has 0 bridgehead atoms. The molecule has 0 radical (unpaired) electrons. The fraction of sp³-hybridized carbons (Fsp3) is 0.462. The van der Waals surface area contributed by atoms with Gasteiger partial charge in [-0.1, -0.05) is 12.1 Å². The Kier molecular flexibility index (Phi) is 9.65.